The molecule has 1 aliphatic rings. The summed E-state index contributed by atoms with van der Waals surface area (Å²) in [5.74, 6) is 3.62. The Morgan fingerprint density at radius 1 is 0.688 bits per heavy atom. The van der Waals surface area contributed by atoms with E-state index < -0.39 is 0 Å². The third-order valence-corrected chi connectivity index (χ3v) is 6.95. The molecule has 0 N–H and O–H groups in total. The number of hydrogen-bond acceptors (Lipinski definition) is 2. The van der Waals surface area contributed by atoms with Gasteiger partial charge in [0, 0.05) is 0 Å². The summed E-state index contributed by atoms with van der Waals surface area (Å²) in [7, 11) is 0. The predicted molar refractivity (Wildman–Crippen MR) is 139 cm³/mol. The predicted octanol–water partition coefficient (Wildman–Crippen LogP) is 9.53. The fraction of sp³-hybridized carbons (Fsp3) is 0.733. The molecule has 0 aliphatic heterocycles. The summed E-state index contributed by atoms with van der Waals surface area (Å²) >= 11 is 0. The smallest absolute Gasteiger partial charge is 0.120 e. The van der Waals surface area contributed by atoms with E-state index in [1.54, 1.807) is 0 Å². The minimum atomic E-state index is 0.662. The molecule has 0 aromatic heterocycles. The summed E-state index contributed by atoms with van der Waals surface area (Å²) in [5, 5.41) is 0. The normalized spacial score (nSPS) is 18.8. The molecule has 0 atom stereocenters. The molecule has 0 saturated heterocycles. The third-order valence-electron chi connectivity index (χ3n) is 6.95. The maximum atomic E-state index is 5.89. The third kappa shape index (κ3) is 12.6. The molecule has 2 rings (SSSR count). The van der Waals surface area contributed by atoms with E-state index in [1.807, 2.05) is 24.3 Å². The Morgan fingerprint density at radius 3 is 1.91 bits per heavy atom. The van der Waals surface area contributed by atoms with Crippen molar-refractivity contribution in [1.82, 2.24) is 0 Å². The van der Waals surface area contributed by atoms with Crippen LogP contribution in [0, 0.1) is 11.8 Å². The van der Waals surface area contributed by atoms with Gasteiger partial charge >= 0.3 is 0 Å². The van der Waals surface area contributed by atoms with Crippen LogP contribution in [0.1, 0.15) is 117 Å². The molecule has 0 bridgehead atoms. The van der Waals surface area contributed by atoms with Crippen LogP contribution >= 0.6 is 0 Å². The van der Waals surface area contributed by atoms with Crippen molar-refractivity contribution in [3.63, 3.8) is 0 Å². The van der Waals surface area contributed by atoms with Crippen molar-refractivity contribution in [3.8, 4) is 11.5 Å². The standard InChI is InChI=1S/C30H50O2/c1-3-5-7-8-9-10-11-13-25-31-29-21-23-30(24-22-29)32-26-14-16-28-19-17-27(18-20-28)15-12-6-4-2/h14,16,21-24,27-28H,3-13,15,17-20,25-26H2,1-2H3. The van der Waals surface area contributed by atoms with E-state index in [1.165, 1.54) is 96.3 Å². The average molecular weight is 443 g/mol. The molecule has 1 saturated carbocycles. The number of allylic oxidation sites excluding steroid dienone is 1. The summed E-state index contributed by atoms with van der Waals surface area (Å²) in [6, 6.07) is 8.12. The van der Waals surface area contributed by atoms with Crippen LogP contribution in [0.3, 0.4) is 0 Å². The van der Waals surface area contributed by atoms with Crippen LogP contribution in [-0.2, 0) is 0 Å². The number of hydrogen-bond donors (Lipinski definition) is 0. The van der Waals surface area contributed by atoms with E-state index >= 15 is 0 Å². The minimum absolute atomic E-state index is 0.662. The minimum Gasteiger partial charge on any atom is -0.494 e. The van der Waals surface area contributed by atoms with Gasteiger partial charge in [0.2, 0.25) is 0 Å². The first-order chi connectivity index (χ1) is 15.8. The van der Waals surface area contributed by atoms with Gasteiger partial charge in [-0.3, -0.25) is 0 Å². The molecule has 32 heavy (non-hydrogen) atoms. The lowest BCUT2D eigenvalue weighted by Gasteiger charge is -2.26. The van der Waals surface area contributed by atoms with Crippen molar-refractivity contribution in [1.29, 1.82) is 0 Å². The largest absolute Gasteiger partial charge is 0.494 e. The lowest BCUT2D eigenvalue weighted by molar-refractivity contribution is 0.288. The molecular weight excluding hydrogens is 392 g/mol. The second-order valence-electron chi connectivity index (χ2n) is 9.81. The summed E-state index contributed by atoms with van der Waals surface area (Å²) in [5.41, 5.74) is 0. The molecule has 0 heterocycles. The fourth-order valence-corrected chi connectivity index (χ4v) is 4.80. The van der Waals surface area contributed by atoms with E-state index in [0.29, 0.717) is 6.61 Å². The number of rotatable bonds is 18. The van der Waals surface area contributed by atoms with Crippen molar-refractivity contribution in [2.24, 2.45) is 11.8 Å². The first kappa shape index (κ1) is 26.8. The van der Waals surface area contributed by atoms with Crippen molar-refractivity contribution in [2.75, 3.05) is 13.2 Å². The Hall–Kier alpha value is -1.44. The maximum Gasteiger partial charge on any atom is 0.120 e. The zero-order chi connectivity index (χ0) is 22.7. The van der Waals surface area contributed by atoms with Gasteiger partial charge in [-0.2, -0.15) is 0 Å². The Labute approximate surface area is 199 Å². The van der Waals surface area contributed by atoms with E-state index in [0.717, 1.165) is 36.4 Å². The second-order valence-corrected chi connectivity index (χ2v) is 9.81. The molecule has 1 fully saturated rings. The van der Waals surface area contributed by atoms with Crippen LogP contribution in [0.4, 0.5) is 0 Å². The van der Waals surface area contributed by atoms with Crippen LogP contribution in [-0.4, -0.2) is 13.2 Å². The first-order valence-electron chi connectivity index (χ1n) is 13.8. The van der Waals surface area contributed by atoms with E-state index in [-0.39, 0.29) is 0 Å². The molecule has 1 aliphatic carbocycles. The summed E-state index contributed by atoms with van der Waals surface area (Å²) in [6.45, 7) is 6.05. The number of unbranched alkanes of at least 4 members (excludes halogenated alkanes) is 9. The molecule has 0 radical (unpaired) electrons. The molecule has 1 aromatic carbocycles. The molecule has 0 amide bonds. The Kier molecular flexibility index (Phi) is 15.1. The molecule has 1 aromatic rings. The van der Waals surface area contributed by atoms with Gasteiger partial charge in [0.15, 0.2) is 0 Å². The van der Waals surface area contributed by atoms with Gasteiger partial charge in [0.1, 0.15) is 18.1 Å². The highest BCUT2D eigenvalue weighted by molar-refractivity contribution is 5.31. The average Bonchev–Trinajstić information content (AvgIpc) is 2.83. The van der Waals surface area contributed by atoms with Gasteiger partial charge in [-0.25, -0.2) is 0 Å². The number of benzene rings is 1. The van der Waals surface area contributed by atoms with E-state index in [2.05, 4.69) is 26.0 Å². The van der Waals surface area contributed by atoms with Crippen LogP contribution in [0.2, 0.25) is 0 Å². The molecular formula is C30H50O2. The molecule has 2 heteroatoms. The molecule has 0 spiro atoms. The summed E-state index contributed by atoms with van der Waals surface area (Å²) < 4.78 is 11.8. The highest BCUT2D eigenvalue weighted by atomic mass is 16.5. The molecule has 0 unspecified atom stereocenters. The van der Waals surface area contributed by atoms with Crippen molar-refractivity contribution >= 4 is 0 Å². The molecule has 2 nitrogen and oxygen atoms in total. The van der Waals surface area contributed by atoms with Gasteiger partial charge in [-0.1, -0.05) is 96.6 Å². The second kappa shape index (κ2) is 18.0. The zero-order valence-electron chi connectivity index (χ0n) is 21.2. The van der Waals surface area contributed by atoms with Gasteiger partial charge < -0.3 is 9.47 Å². The lowest BCUT2D eigenvalue weighted by Crippen LogP contribution is -2.13. The van der Waals surface area contributed by atoms with Crippen molar-refractivity contribution in [3.05, 3.63) is 36.4 Å². The van der Waals surface area contributed by atoms with Crippen molar-refractivity contribution < 1.29 is 9.47 Å². The van der Waals surface area contributed by atoms with Crippen LogP contribution in [0.15, 0.2) is 36.4 Å². The summed E-state index contributed by atoms with van der Waals surface area (Å²) in [6.07, 6.45) is 26.4. The lowest BCUT2D eigenvalue weighted by atomic mass is 9.79. The Bertz CT molecular complexity index is 569. The van der Waals surface area contributed by atoms with E-state index in [4.69, 9.17) is 9.47 Å². The van der Waals surface area contributed by atoms with Crippen LogP contribution in [0.5, 0.6) is 11.5 Å². The topological polar surface area (TPSA) is 18.5 Å². The maximum absolute atomic E-state index is 5.89. The first-order valence-corrected chi connectivity index (χ1v) is 13.8. The highest BCUT2D eigenvalue weighted by Gasteiger charge is 2.18. The molecule has 182 valence electrons. The monoisotopic (exact) mass is 442 g/mol. The van der Waals surface area contributed by atoms with Gasteiger partial charge in [-0.15, -0.1) is 0 Å². The summed E-state index contributed by atoms with van der Waals surface area (Å²) in [4.78, 5) is 0. The Balaban J connectivity index is 1.49. The van der Waals surface area contributed by atoms with Gasteiger partial charge in [-0.05, 0) is 68.2 Å². The van der Waals surface area contributed by atoms with E-state index in [9.17, 15) is 0 Å². The fourth-order valence-electron chi connectivity index (χ4n) is 4.80. The number of ether oxygens (including phenoxy) is 2. The van der Waals surface area contributed by atoms with Crippen molar-refractivity contribution in [2.45, 2.75) is 117 Å². The van der Waals surface area contributed by atoms with Gasteiger partial charge in [0.05, 0.1) is 6.61 Å². The van der Waals surface area contributed by atoms with Gasteiger partial charge in [0.25, 0.3) is 0 Å². The van der Waals surface area contributed by atoms with Crippen LogP contribution in [0.25, 0.3) is 0 Å². The quantitative estimate of drug-likeness (QED) is 0.166. The highest BCUT2D eigenvalue weighted by Crippen LogP contribution is 2.32. The Morgan fingerprint density at radius 2 is 1.25 bits per heavy atom. The zero-order valence-corrected chi connectivity index (χ0v) is 21.2. The SMILES string of the molecule is CCCCCCCCCCOc1ccc(OCC=CC2CCC(CCCCC)CC2)cc1. The van der Waals surface area contributed by atoms with Crippen LogP contribution < -0.4 is 9.47 Å².